The number of oxazole rings is 1. The number of para-hydroxylation sites is 1. The lowest BCUT2D eigenvalue weighted by molar-refractivity contribution is -0.143. The molecular formula is C21H20N2O5. The number of ether oxygens (including phenoxy) is 2. The van der Waals surface area contributed by atoms with Crippen LogP contribution in [0.2, 0.25) is 0 Å². The Morgan fingerprint density at radius 2 is 1.82 bits per heavy atom. The molecule has 0 bridgehead atoms. The molecule has 0 unspecified atom stereocenters. The van der Waals surface area contributed by atoms with E-state index in [1.165, 1.54) is 6.26 Å². The highest BCUT2D eigenvalue weighted by Crippen LogP contribution is 2.19. The maximum atomic E-state index is 12.3. The number of aromatic nitrogens is 1. The molecule has 1 amide bonds. The van der Waals surface area contributed by atoms with Gasteiger partial charge < -0.3 is 19.2 Å². The molecule has 28 heavy (non-hydrogen) atoms. The van der Waals surface area contributed by atoms with Crippen LogP contribution in [0.1, 0.15) is 23.0 Å². The zero-order valence-electron chi connectivity index (χ0n) is 15.4. The Morgan fingerprint density at radius 3 is 2.61 bits per heavy atom. The Morgan fingerprint density at radius 1 is 1.07 bits per heavy atom. The standard InChI is InChI=1S/C21H20N2O5/c1-2-26-18-11-7-6-10-17(18)20(25)22-12-19(24)27-13-16-14-28-21(23-16)15-8-4-3-5-9-15/h3-11,14H,2,12-13H2,1H3,(H,22,25). The summed E-state index contributed by atoms with van der Waals surface area (Å²) in [5.41, 5.74) is 1.68. The molecule has 0 radical (unpaired) electrons. The van der Waals surface area contributed by atoms with Gasteiger partial charge in [-0.2, -0.15) is 0 Å². The number of nitrogens with zero attached hydrogens (tertiary/aromatic N) is 1. The molecule has 0 spiro atoms. The summed E-state index contributed by atoms with van der Waals surface area (Å²) in [4.78, 5) is 28.4. The van der Waals surface area contributed by atoms with Crippen molar-refractivity contribution in [1.29, 1.82) is 0 Å². The van der Waals surface area contributed by atoms with Gasteiger partial charge in [0.25, 0.3) is 5.91 Å². The van der Waals surface area contributed by atoms with E-state index in [1.807, 2.05) is 37.3 Å². The van der Waals surface area contributed by atoms with Gasteiger partial charge in [0.1, 0.15) is 30.9 Å². The van der Waals surface area contributed by atoms with Crippen molar-refractivity contribution in [3.05, 3.63) is 72.1 Å². The van der Waals surface area contributed by atoms with E-state index < -0.39 is 11.9 Å². The molecular weight excluding hydrogens is 360 g/mol. The van der Waals surface area contributed by atoms with E-state index in [2.05, 4.69) is 10.3 Å². The first-order valence-corrected chi connectivity index (χ1v) is 8.83. The predicted molar refractivity (Wildman–Crippen MR) is 102 cm³/mol. The second-order valence-corrected chi connectivity index (χ2v) is 5.78. The SMILES string of the molecule is CCOc1ccccc1C(=O)NCC(=O)OCc1coc(-c2ccccc2)n1. The van der Waals surface area contributed by atoms with Crippen LogP contribution in [0, 0.1) is 0 Å². The number of benzene rings is 2. The van der Waals surface area contributed by atoms with Gasteiger partial charge in [0.05, 0.1) is 12.2 Å². The van der Waals surface area contributed by atoms with E-state index in [0.717, 1.165) is 5.56 Å². The number of nitrogens with one attached hydrogen (secondary N) is 1. The van der Waals surface area contributed by atoms with Crippen LogP contribution in [0.5, 0.6) is 5.75 Å². The average molecular weight is 380 g/mol. The third-order valence-corrected chi connectivity index (χ3v) is 3.78. The molecule has 3 aromatic rings. The molecule has 0 atom stereocenters. The molecule has 0 fully saturated rings. The van der Waals surface area contributed by atoms with Gasteiger partial charge in [0.2, 0.25) is 5.89 Å². The van der Waals surface area contributed by atoms with Gasteiger partial charge in [0, 0.05) is 5.56 Å². The molecule has 0 saturated carbocycles. The number of hydrogen-bond acceptors (Lipinski definition) is 6. The fraction of sp³-hybridized carbons (Fsp3) is 0.190. The first kappa shape index (κ1) is 19.2. The number of carbonyl (C=O) groups is 2. The molecule has 2 aromatic carbocycles. The summed E-state index contributed by atoms with van der Waals surface area (Å²) in [6, 6.07) is 16.2. The fourth-order valence-electron chi connectivity index (χ4n) is 2.48. The molecule has 0 saturated heterocycles. The largest absolute Gasteiger partial charge is 0.493 e. The first-order chi connectivity index (χ1) is 13.7. The minimum absolute atomic E-state index is 0.0411. The summed E-state index contributed by atoms with van der Waals surface area (Å²) >= 11 is 0. The van der Waals surface area contributed by atoms with Gasteiger partial charge in [-0.1, -0.05) is 30.3 Å². The number of amides is 1. The monoisotopic (exact) mass is 380 g/mol. The van der Waals surface area contributed by atoms with Crippen LogP contribution in [0.4, 0.5) is 0 Å². The highest BCUT2D eigenvalue weighted by molar-refractivity contribution is 5.98. The number of esters is 1. The smallest absolute Gasteiger partial charge is 0.325 e. The van der Waals surface area contributed by atoms with Crippen LogP contribution in [0.25, 0.3) is 11.5 Å². The third kappa shape index (κ3) is 4.97. The van der Waals surface area contributed by atoms with Crippen LogP contribution < -0.4 is 10.1 Å². The summed E-state index contributed by atoms with van der Waals surface area (Å²) in [7, 11) is 0. The van der Waals surface area contributed by atoms with Crippen molar-refractivity contribution in [2.24, 2.45) is 0 Å². The molecule has 1 aromatic heterocycles. The molecule has 0 aliphatic heterocycles. The van der Waals surface area contributed by atoms with Crippen LogP contribution in [-0.2, 0) is 16.1 Å². The number of hydrogen-bond donors (Lipinski definition) is 1. The lowest BCUT2D eigenvalue weighted by Gasteiger charge is -2.10. The second-order valence-electron chi connectivity index (χ2n) is 5.78. The van der Waals surface area contributed by atoms with Gasteiger partial charge in [-0.3, -0.25) is 9.59 Å². The zero-order valence-corrected chi connectivity index (χ0v) is 15.4. The number of rotatable bonds is 8. The van der Waals surface area contributed by atoms with E-state index in [1.54, 1.807) is 24.3 Å². The third-order valence-electron chi connectivity index (χ3n) is 3.78. The van der Waals surface area contributed by atoms with Gasteiger partial charge in [0.15, 0.2) is 0 Å². The molecule has 7 nitrogen and oxygen atoms in total. The van der Waals surface area contributed by atoms with Crippen molar-refractivity contribution < 1.29 is 23.5 Å². The topological polar surface area (TPSA) is 90.7 Å². The molecule has 7 heteroatoms. The van der Waals surface area contributed by atoms with E-state index in [9.17, 15) is 9.59 Å². The van der Waals surface area contributed by atoms with Crippen molar-refractivity contribution in [2.45, 2.75) is 13.5 Å². The maximum absolute atomic E-state index is 12.3. The molecule has 1 N–H and O–H groups in total. The van der Waals surface area contributed by atoms with Crippen molar-refractivity contribution in [1.82, 2.24) is 10.3 Å². The van der Waals surface area contributed by atoms with E-state index in [-0.39, 0.29) is 13.2 Å². The van der Waals surface area contributed by atoms with Crippen molar-refractivity contribution in [3.63, 3.8) is 0 Å². The second kappa shape index (κ2) is 9.36. The summed E-state index contributed by atoms with van der Waals surface area (Å²) in [6.45, 7) is 1.97. The van der Waals surface area contributed by atoms with Crippen LogP contribution in [0.3, 0.4) is 0 Å². The van der Waals surface area contributed by atoms with Gasteiger partial charge >= 0.3 is 5.97 Å². The number of carbonyl (C=O) groups excluding carboxylic acids is 2. The van der Waals surface area contributed by atoms with Gasteiger partial charge in [-0.05, 0) is 31.2 Å². The van der Waals surface area contributed by atoms with Gasteiger partial charge in [-0.25, -0.2) is 4.98 Å². The molecule has 1 heterocycles. The molecule has 144 valence electrons. The van der Waals surface area contributed by atoms with Gasteiger partial charge in [-0.15, -0.1) is 0 Å². The van der Waals surface area contributed by atoms with Crippen molar-refractivity contribution in [3.8, 4) is 17.2 Å². The minimum atomic E-state index is -0.577. The van der Waals surface area contributed by atoms with E-state index >= 15 is 0 Å². The van der Waals surface area contributed by atoms with Crippen molar-refractivity contribution >= 4 is 11.9 Å². The summed E-state index contributed by atoms with van der Waals surface area (Å²) in [6.07, 6.45) is 1.44. The average Bonchev–Trinajstić information content (AvgIpc) is 3.21. The minimum Gasteiger partial charge on any atom is -0.493 e. The normalized spacial score (nSPS) is 10.3. The molecule has 3 rings (SSSR count). The highest BCUT2D eigenvalue weighted by atomic mass is 16.5. The zero-order chi connectivity index (χ0) is 19.8. The maximum Gasteiger partial charge on any atom is 0.325 e. The summed E-state index contributed by atoms with van der Waals surface area (Å²) < 4.78 is 15.9. The quantitative estimate of drug-likeness (QED) is 0.604. The Labute approximate surface area is 162 Å². The van der Waals surface area contributed by atoms with Crippen LogP contribution in [-0.4, -0.2) is 30.0 Å². The Balaban J connectivity index is 1.49. The van der Waals surface area contributed by atoms with Crippen LogP contribution >= 0.6 is 0 Å². The highest BCUT2D eigenvalue weighted by Gasteiger charge is 2.14. The van der Waals surface area contributed by atoms with E-state index in [0.29, 0.717) is 29.5 Å². The first-order valence-electron chi connectivity index (χ1n) is 8.83. The summed E-state index contributed by atoms with van der Waals surface area (Å²) in [5.74, 6) is -0.0697. The molecule has 0 aliphatic rings. The summed E-state index contributed by atoms with van der Waals surface area (Å²) in [5, 5.41) is 2.53. The van der Waals surface area contributed by atoms with Crippen LogP contribution in [0.15, 0.2) is 65.3 Å². The Kier molecular flexibility index (Phi) is 6.41. The van der Waals surface area contributed by atoms with Crippen molar-refractivity contribution in [2.75, 3.05) is 13.2 Å². The Hall–Kier alpha value is -3.61. The lowest BCUT2D eigenvalue weighted by Crippen LogP contribution is -2.30. The lowest BCUT2D eigenvalue weighted by atomic mass is 10.2. The Bertz CT molecular complexity index is 937. The van der Waals surface area contributed by atoms with E-state index in [4.69, 9.17) is 13.9 Å². The fourth-order valence-corrected chi connectivity index (χ4v) is 2.48. The predicted octanol–water partition coefficient (Wildman–Crippen LogP) is 3.21. The molecule has 0 aliphatic carbocycles.